The van der Waals surface area contributed by atoms with Crippen LogP contribution >= 0.6 is 0 Å². The van der Waals surface area contributed by atoms with Crippen LogP contribution in [0.4, 0.5) is 11.8 Å². The number of benzene rings is 1. The van der Waals surface area contributed by atoms with Gasteiger partial charge < -0.3 is 16.2 Å². The smallest absolute Gasteiger partial charge is 0.226 e. The number of nitrogens with one attached hydrogen (secondary N) is 1. The van der Waals surface area contributed by atoms with E-state index in [-0.39, 0.29) is 0 Å². The molecule has 0 saturated carbocycles. The number of anilines is 2. The molecule has 1 aromatic carbocycles. The van der Waals surface area contributed by atoms with Crippen molar-refractivity contribution in [2.75, 3.05) is 24.1 Å². The van der Waals surface area contributed by atoms with Gasteiger partial charge in [-0.3, -0.25) is 4.90 Å². The van der Waals surface area contributed by atoms with Crippen molar-refractivity contribution in [2.45, 2.75) is 46.2 Å². The van der Waals surface area contributed by atoms with Crippen molar-refractivity contribution in [3.63, 3.8) is 0 Å². The summed E-state index contributed by atoms with van der Waals surface area (Å²) in [5.41, 5.74) is 10.7. The zero-order valence-electron chi connectivity index (χ0n) is 17.2. The SMILES string of the molecule is Cc1cc(C)c2c(N)nc(NC3CCN(Cc4cccc(C)c4O)CC3)nc2n1. The summed E-state index contributed by atoms with van der Waals surface area (Å²) in [6, 6.07) is 8.21. The molecule has 7 heteroatoms. The zero-order valence-corrected chi connectivity index (χ0v) is 17.2. The van der Waals surface area contributed by atoms with Gasteiger partial charge in [0, 0.05) is 36.9 Å². The lowest BCUT2D eigenvalue weighted by molar-refractivity contribution is 0.209. The number of phenols is 1. The van der Waals surface area contributed by atoms with Gasteiger partial charge in [0.2, 0.25) is 5.95 Å². The average Bonchev–Trinajstić information content (AvgIpc) is 2.66. The first-order valence-corrected chi connectivity index (χ1v) is 10.1. The van der Waals surface area contributed by atoms with Gasteiger partial charge in [0.05, 0.1) is 5.39 Å². The van der Waals surface area contributed by atoms with Crippen LogP contribution in [0.5, 0.6) is 5.75 Å². The third-order valence-electron chi connectivity index (χ3n) is 5.66. The molecule has 1 aliphatic rings. The molecule has 7 nitrogen and oxygen atoms in total. The first kappa shape index (κ1) is 19.4. The number of aromatic nitrogens is 3. The number of aromatic hydroxyl groups is 1. The first-order valence-electron chi connectivity index (χ1n) is 10.1. The molecule has 2 aromatic heterocycles. The molecule has 1 fully saturated rings. The fourth-order valence-corrected chi connectivity index (χ4v) is 4.08. The standard InChI is InChI=1S/C22H28N6O/c1-13-5-4-6-16(19(13)29)12-28-9-7-17(8-10-28)25-22-26-20(23)18-14(2)11-15(3)24-21(18)27-22/h4-6,11,17,29H,7-10,12H2,1-3H3,(H3,23,24,25,26,27). The van der Waals surface area contributed by atoms with Crippen LogP contribution in [0.1, 0.15) is 35.2 Å². The third kappa shape index (κ3) is 4.10. The molecular weight excluding hydrogens is 364 g/mol. The Bertz CT molecular complexity index is 1040. The van der Waals surface area contributed by atoms with E-state index in [2.05, 4.69) is 25.2 Å². The van der Waals surface area contributed by atoms with Gasteiger partial charge in [0.15, 0.2) is 5.65 Å². The highest BCUT2D eigenvalue weighted by atomic mass is 16.3. The van der Waals surface area contributed by atoms with Crippen molar-refractivity contribution in [3.8, 4) is 5.75 Å². The number of pyridine rings is 1. The average molecular weight is 393 g/mol. The minimum absolute atomic E-state index is 0.292. The number of nitrogen functional groups attached to an aromatic ring is 1. The van der Waals surface area contributed by atoms with Gasteiger partial charge in [-0.2, -0.15) is 9.97 Å². The van der Waals surface area contributed by atoms with Crippen molar-refractivity contribution in [2.24, 2.45) is 0 Å². The van der Waals surface area contributed by atoms with Crippen LogP contribution < -0.4 is 11.1 Å². The highest BCUT2D eigenvalue weighted by molar-refractivity contribution is 5.89. The Balaban J connectivity index is 1.41. The van der Waals surface area contributed by atoms with Gasteiger partial charge >= 0.3 is 0 Å². The molecule has 29 heavy (non-hydrogen) atoms. The molecule has 0 aliphatic carbocycles. The van der Waals surface area contributed by atoms with Gasteiger partial charge in [-0.25, -0.2) is 4.98 Å². The Morgan fingerprint density at radius 1 is 1.10 bits per heavy atom. The Morgan fingerprint density at radius 3 is 2.62 bits per heavy atom. The normalized spacial score (nSPS) is 15.7. The van der Waals surface area contributed by atoms with Crippen molar-refractivity contribution in [1.82, 2.24) is 19.9 Å². The van der Waals surface area contributed by atoms with Gasteiger partial charge in [-0.05, 0) is 50.8 Å². The molecule has 1 aliphatic heterocycles. The van der Waals surface area contributed by atoms with E-state index >= 15 is 0 Å². The summed E-state index contributed by atoms with van der Waals surface area (Å²) in [7, 11) is 0. The Morgan fingerprint density at radius 2 is 1.86 bits per heavy atom. The second kappa shape index (κ2) is 7.83. The summed E-state index contributed by atoms with van der Waals surface area (Å²) in [4.78, 5) is 16.0. The minimum Gasteiger partial charge on any atom is -0.507 e. The highest BCUT2D eigenvalue weighted by Gasteiger charge is 2.21. The Kier molecular flexibility index (Phi) is 5.24. The Labute approximate surface area is 171 Å². The van der Waals surface area contributed by atoms with Gasteiger partial charge in [-0.1, -0.05) is 18.2 Å². The number of hydrogen-bond donors (Lipinski definition) is 3. The maximum absolute atomic E-state index is 10.3. The van der Waals surface area contributed by atoms with Crippen molar-refractivity contribution >= 4 is 22.8 Å². The van der Waals surface area contributed by atoms with E-state index in [0.29, 0.717) is 29.2 Å². The summed E-state index contributed by atoms with van der Waals surface area (Å²) in [6.07, 6.45) is 1.96. The number of piperidine rings is 1. The van der Waals surface area contributed by atoms with Gasteiger partial charge in [-0.15, -0.1) is 0 Å². The second-order valence-electron chi connectivity index (χ2n) is 7.99. The lowest BCUT2D eigenvalue weighted by Gasteiger charge is -2.32. The molecule has 3 aromatic rings. The summed E-state index contributed by atoms with van der Waals surface area (Å²) in [5, 5.41) is 14.5. The van der Waals surface area contributed by atoms with E-state index in [1.54, 1.807) is 0 Å². The lowest BCUT2D eigenvalue weighted by atomic mass is 10.0. The maximum Gasteiger partial charge on any atom is 0.226 e. The zero-order chi connectivity index (χ0) is 20.5. The molecule has 3 heterocycles. The number of aryl methyl sites for hydroxylation is 3. The predicted octanol–water partition coefficient (Wildman–Crippen LogP) is 3.31. The summed E-state index contributed by atoms with van der Waals surface area (Å²) in [6.45, 7) is 8.56. The largest absolute Gasteiger partial charge is 0.507 e. The van der Waals surface area contributed by atoms with Crippen LogP contribution in [-0.4, -0.2) is 44.1 Å². The topological polar surface area (TPSA) is 100 Å². The fourth-order valence-electron chi connectivity index (χ4n) is 4.08. The number of para-hydroxylation sites is 1. The van der Waals surface area contributed by atoms with E-state index in [0.717, 1.165) is 60.2 Å². The molecule has 4 N–H and O–H groups in total. The summed E-state index contributed by atoms with van der Waals surface area (Å²) in [5.74, 6) is 1.42. The highest BCUT2D eigenvalue weighted by Crippen LogP contribution is 2.26. The van der Waals surface area contributed by atoms with Crippen LogP contribution in [0, 0.1) is 20.8 Å². The second-order valence-corrected chi connectivity index (χ2v) is 7.99. The number of hydrogen-bond acceptors (Lipinski definition) is 7. The number of rotatable bonds is 4. The molecule has 0 bridgehead atoms. The molecule has 0 atom stereocenters. The summed E-state index contributed by atoms with van der Waals surface area (Å²) < 4.78 is 0. The van der Waals surface area contributed by atoms with E-state index in [1.807, 2.05) is 45.0 Å². The lowest BCUT2D eigenvalue weighted by Crippen LogP contribution is -2.39. The number of likely N-dealkylation sites (tertiary alicyclic amines) is 1. The molecule has 4 rings (SSSR count). The molecular formula is C22H28N6O. The summed E-state index contributed by atoms with van der Waals surface area (Å²) >= 11 is 0. The Hall–Kier alpha value is -2.93. The van der Waals surface area contributed by atoms with E-state index in [1.165, 1.54) is 0 Å². The molecule has 0 amide bonds. The number of phenolic OH excluding ortho intramolecular Hbond substituents is 1. The maximum atomic E-state index is 10.3. The predicted molar refractivity (Wildman–Crippen MR) is 116 cm³/mol. The third-order valence-corrected chi connectivity index (χ3v) is 5.66. The monoisotopic (exact) mass is 392 g/mol. The quantitative estimate of drug-likeness (QED) is 0.626. The van der Waals surface area contributed by atoms with Gasteiger partial charge in [0.1, 0.15) is 11.6 Å². The van der Waals surface area contributed by atoms with Crippen LogP contribution in [0.3, 0.4) is 0 Å². The van der Waals surface area contributed by atoms with Crippen LogP contribution in [0.15, 0.2) is 24.3 Å². The van der Waals surface area contributed by atoms with E-state index in [9.17, 15) is 5.11 Å². The van der Waals surface area contributed by atoms with E-state index in [4.69, 9.17) is 5.73 Å². The molecule has 0 unspecified atom stereocenters. The fraction of sp³-hybridized carbons (Fsp3) is 0.409. The van der Waals surface area contributed by atoms with Crippen LogP contribution in [0.25, 0.3) is 11.0 Å². The minimum atomic E-state index is 0.292. The van der Waals surface area contributed by atoms with Gasteiger partial charge in [0.25, 0.3) is 0 Å². The number of nitrogens with zero attached hydrogens (tertiary/aromatic N) is 4. The van der Waals surface area contributed by atoms with Crippen molar-refractivity contribution < 1.29 is 5.11 Å². The first-order chi connectivity index (χ1) is 13.9. The van der Waals surface area contributed by atoms with Crippen LogP contribution in [0.2, 0.25) is 0 Å². The number of fused-ring (bicyclic) bond motifs is 1. The van der Waals surface area contributed by atoms with Crippen molar-refractivity contribution in [1.29, 1.82) is 0 Å². The molecule has 152 valence electrons. The molecule has 0 spiro atoms. The molecule has 0 radical (unpaired) electrons. The van der Waals surface area contributed by atoms with Crippen LogP contribution in [-0.2, 0) is 6.54 Å². The number of nitrogens with two attached hydrogens (primary N) is 1. The van der Waals surface area contributed by atoms with Crippen molar-refractivity contribution in [3.05, 3.63) is 46.6 Å². The van der Waals surface area contributed by atoms with E-state index < -0.39 is 0 Å². The molecule has 1 saturated heterocycles.